The standard InChI is InChI=1S/C18H18F3N5S/c19-18(20,21)15-8-2-1-7-14(15)16-9-5-6-13(23-16)12-22-24-17(27)25-26-10-3-4-11-26/h1-2,5-9,12H,3-4,10-11H2,(H2,24,25,27). The number of benzene rings is 1. The van der Waals surface area contributed by atoms with E-state index in [1.54, 1.807) is 18.2 Å². The lowest BCUT2D eigenvalue weighted by Gasteiger charge is -2.17. The molecule has 1 aliphatic rings. The van der Waals surface area contributed by atoms with E-state index in [4.69, 9.17) is 12.2 Å². The fourth-order valence-electron chi connectivity index (χ4n) is 2.78. The van der Waals surface area contributed by atoms with Gasteiger partial charge >= 0.3 is 6.18 Å². The van der Waals surface area contributed by atoms with Crippen LogP contribution in [0, 0.1) is 0 Å². The molecule has 0 unspecified atom stereocenters. The van der Waals surface area contributed by atoms with Crippen molar-refractivity contribution in [1.29, 1.82) is 0 Å². The maximum Gasteiger partial charge on any atom is 0.417 e. The molecule has 2 aromatic rings. The molecule has 2 heterocycles. The third kappa shape index (κ3) is 5.24. The summed E-state index contributed by atoms with van der Waals surface area (Å²) in [5, 5.41) is 6.35. The molecule has 0 bridgehead atoms. The highest BCUT2D eigenvalue weighted by Crippen LogP contribution is 2.36. The average Bonchev–Trinajstić information content (AvgIpc) is 3.14. The van der Waals surface area contributed by atoms with Crippen LogP contribution in [0.5, 0.6) is 0 Å². The Morgan fingerprint density at radius 1 is 1.11 bits per heavy atom. The van der Waals surface area contributed by atoms with Gasteiger partial charge in [-0.1, -0.05) is 24.3 Å². The van der Waals surface area contributed by atoms with Crippen molar-refractivity contribution in [3.05, 3.63) is 53.7 Å². The van der Waals surface area contributed by atoms with Gasteiger partial charge in [-0.05, 0) is 43.3 Å². The van der Waals surface area contributed by atoms with Crippen LogP contribution in [0.4, 0.5) is 13.2 Å². The molecule has 2 N–H and O–H groups in total. The maximum atomic E-state index is 13.2. The van der Waals surface area contributed by atoms with E-state index >= 15 is 0 Å². The molecule has 1 aromatic heterocycles. The van der Waals surface area contributed by atoms with Crippen molar-refractivity contribution in [1.82, 2.24) is 20.8 Å². The van der Waals surface area contributed by atoms with Crippen molar-refractivity contribution in [2.45, 2.75) is 19.0 Å². The van der Waals surface area contributed by atoms with Crippen LogP contribution >= 0.6 is 12.2 Å². The van der Waals surface area contributed by atoms with Gasteiger partial charge in [-0.2, -0.15) is 18.3 Å². The van der Waals surface area contributed by atoms with E-state index in [9.17, 15) is 13.2 Å². The number of hydrazone groups is 1. The first-order valence-corrected chi connectivity index (χ1v) is 8.82. The van der Waals surface area contributed by atoms with Crippen LogP contribution in [0.1, 0.15) is 24.1 Å². The predicted octanol–water partition coefficient (Wildman–Crippen LogP) is 3.58. The van der Waals surface area contributed by atoms with Crippen molar-refractivity contribution >= 4 is 23.5 Å². The minimum Gasteiger partial charge on any atom is -0.294 e. The second kappa shape index (κ2) is 8.45. The summed E-state index contributed by atoms with van der Waals surface area (Å²) in [5.41, 5.74) is 5.65. The highest BCUT2D eigenvalue weighted by atomic mass is 32.1. The monoisotopic (exact) mass is 393 g/mol. The van der Waals surface area contributed by atoms with Gasteiger partial charge in [0, 0.05) is 18.7 Å². The number of nitrogens with zero attached hydrogens (tertiary/aromatic N) is 3. The first-order valence-electron chi connectivity index (χ1n) is 8.42. The van der Waals surface area contributed by atoms with E-state index in [-0.39, 0.29) is 11.3 Å². The molecule has 0 radical (unpaired) electrons. The summed E-state index contributed by atoms with van der Waals surface area (Å²) < 4.78 is 39.6. The summed E-state index contributed by atoms with van der Waals surface area (Å²) in [4.78, 5) is 4.25. The van der Waals surface area contributed by atoms with Crippen LogP contribution in [-0.2, 0) is 6.18 Å². The van der Waals surface area contributed by atoms with Gasteiger partial charge in [-0.15, -0.1) is 0 Å². The molecule has 27 heavy (non-hydrogen) atoms. The van der Waals surface area contributed by atoms with Crippen LogP contribution in [0.25, 0.3) is 11.3 Å². The zero-order chi connectivity index (χ0) is 19.3. The van der Waals surface area contributed by atoms with Crippen molar-refractivity contribution in [3.8, 4) is 11.3 Å². The molecule has 5 nitrogen and oxygen atoms in total. The number of halogens is 3. The lowest BCUT2D eigenvalue weighted by molar-refractivity contribution is -0.137. The molecule has 0 spiro atoms. The Morgan fingerprint density at radius 3 is 2.59 bits per heavy atom. The molecule has 1 saturated heterocycles. The number of hydrogen-bond donors (Lipinski definition) is 2. The highest BCUT2D eigenvalue weighted by molar-refractivity contribution is 7.80. The minimum absolute atomic E-state index is 0.0273. The molecular weight excluding hydrogens is 375 g/mol. The van der Waals surface area contributed by atoms with Crippen LogP contribution in [-0.4, -0.2) is 34.4 Å². The predicted molar refractivity (Wildman–Crippen MR) is 102 cm³/mol. The third-order valence-electron chi connectivity index (χ3n) is 4.01. The van der Waals surface area contributed by atoms with E-state index in [1.165, 1.54) is 24.4 Å². The number of pyridine rings is 1. The summed E-state index contributed by atoms with van der Waals surface area (Å²) in [6, 6.07) is 10.2. The van der Waals surface area contributed by atoms with E-state index in [0.717, 1.165) is 32.0 Å². The van der Waals surface area contributed by atoms with Gasteiger partial charge in [0.15, 0.2) is 0 Å². The zero-order valence-electron chi connectivity index (χ0n) is 14.3. The molecule has 0 aliphatic carbocycles. The van der Waals surface area contributed by atoms with Gasteiger partial charge in [-0.3, -0.25) is 10.9 Å². The Kier molecular flexibility index (Phi) is 6.02. The molecule has 142 valence electrons. The minimum atomic E-state index is -4.45. The molecule has 1 aliphatic heterocycles. The Bertz CT molecular complexity index is 832. The summed E-state index contributed by atoms with van der Waals surface area (Å²) in [6.07, 6.45) is -0.793. The van der Waals surface area contributed by atoms with Crippen molar-refractivity contribution in [2.75, 3.05) is 13.1 Å². The first-order chi connectivity index (χ1) is 12.9. The Morgan fingerprint density at radius 2 is 1.85 bits per heavy atom. The average molecular weight is 393 g/mol. The third-order valence-corrected chi connectivity index (χ3v) is 4.19. The van der Waals surface area contributed by atoms with E-state index in [0.29, 0.717) is 10.8 Å². The zero-order valence-corrected chi connectivity index (χ0v) is 15.1. The molecule has 0 saturated carbocycles. The Balaban J connectivity index is 1.70. The second-order valence-electron chi connectivity index (χ2n) is 6.00. The lowest BCUT2D eigenvalue weighted by Crippen LogP contribution is -2.44. The lowest BCUT2D eigenvalue weighted by atomic mass is 10.0. The normalized spacial score (nSPS) is 15.2. The fourth-order valence-corrected chi connectivity index (χ4v) is 2.96. The van der Waals surface area contributed by atoms with Crippen LogP contribution in [0.15, 0.2) is 47.6 Å². The van der Waals surface area contributed by atoms with Crippen LogP contribution in [0.3, 0.4) is 0 Å². The Labute approximate surface area is 160 Å². The van der Waals surface area contributed by atoms with Gasteiger partial charge in [0.25, 0.3) is 0 Å². The number of hydrogen-bond acceptors (Lipinski definition) is 4. The first kappa shape index (κ1) is 19.2. The molecule has 0 amide bonds. The summed E-state index contributed by atoms with van der Waals surface area (Å²) in [7, 11) is 0. The quantitative estimate of drug-likeness (QED) is 0.473. The largest absolute Gasteiger partial charge is 0.417 e. The van der Waals surface area contributed by atoms with Crippen molar-refractivity contribution in [2.24, 2.45) is 5.10 Å². The summed E-state index contributed by atoms with van der Waals surface area (Å²) in [5.74, 6) is 0. The molecule has 1 aromatic carbocycles. The number of thiocarbonyl (C=S) groups is 1. The van der Waals surface area contributed by atoms with Crippen LogP contribution in [0.2, 0.25) is 0 Å². The second-order valence-corrected chi connectivity index (χ2v) is 6.40. The SMILES string of the molecule is FC(F)(F)c1ccccc1-c1cccc(C=NNC(=S)NN2CCCC2)n1. The van der Waals surface area contributed by atoms with E-state index < -0.39 is 11.7 Å². The smallest absolute Gasteiger partial charge is 0.294 e. The Hall–Kier alpha value is -2.52. The number of rotatable bonds is 4. The molecule has 9 heteroatoms. The van der Waals surface area contributed by atoms with Gasteiger partial charge in [0.05, 0.1) is 23.2 Å². The molecule has 3 rings (SSSR count). The maximum absolute atomic E-state index is 13.2. The van der Waals surface area contributed by atoms with E-state index in [2.05, 4.69) is 20.9 Å². The van der Waals surface area contributed by atoms with Crippen molar-refractivity contribution < 1.29 is 13.2 Å². The number of nitrogens with one attached hydrogen (secondary N) is 2. The van der Waals surface area contributed by atoms with Gasteiger partial charge in [0.1, 0.15) is 0 Å². The number of aromatic nitrogens is 1. The van der Waals surface area contributed by atoms with E-state index in [1.807, 2.05) is 5.01 Å². The molecule has 0 atom stereocenters. The van der Waals surface area contributed by atoms with Gasteiger partial charge < -0.3 is 0 Å². The number of hydrazine groups is 1. The summed E-state index contributed by atoms with van der Waals surface area (Å²) in [6.45, 7) is 1.85. The van der Waals surface area contributed by atoms with Crippen LogP contribution < -0.4 is 10.9 Å². The van der Waals surface area contributed by atoms with Crippen molar-refractivity contribution in [3.63, 3.8) is 0 Å². The number of alkyl halides is 3. The molecule has 1 fully saturated rings. The fraction of sp³-hybridized carbons (Fsp3) is 0.278. The van der Waals surface area contributed by atoms with Gasteiger partial charge in [-0.25, -0.2) is 9.99 Å². The topological polar surface area (TPSA) is 52.6 Å². The summed E-state index contributed by atoms with van der Waals surface area (Å²) >= 11 is 5.14. The molecular formula is C18H18F3N5S. The highest BCUT2D eigenvalue weighted by Gasteiger charge is 2.33. The van der Waals surface area contributed by atoms with Gasteiger partial charge in [0.2, 0.25) is 5.11 Å².